The zero-order valence-electron chi connectivity index (χ0n) is 27.5. The van der Waals surface area contributed by atoms with E-state index in [1.165, 1.54) is 0 Å². The van der Waals surface area contributed by atoms with Gasteiger partial charge in [-0.15, -0.1) is 0 Å². The molecule has 2 unspecified atom stereocenters. The summed E-state index contributed by atoms with van der Waals surface area (Å²) in [4.78, 5) is 43.6. The van der Waals surface area contributed by atoms with Crippen molar-refractivity contribution in [3.05, 3.63) is 82.6 Å². The van der Waals surface area contributed by atoms with E-state index < -0.39 is 11.3 Å². The molecule has 10 heteroatoms. The largest absolute Gasteiger partial charge is 0.506 e. The first kappa shape index (κ1) is 31.2. The molecular weight excluding hydrogens is 608 g/mol. The van der Waals surface area contributed by atoms with Gasteiger partial charge in [0.25, 0.3) is 0 Å². The summed E-state index contributed by atoms with van der Waals surface area (Å²) in [6.45, 7) is 7.53. The molecule has 0 bridgehead atoms. The third kappa shape index (κ3) is 4.85. The maximum absolute atomic E-state index is 14.3. The molecule has 0 amide bonds. The molecule has 1 aliphatic carbocycles. The van der Waals surface area contributed by atoms with Crippen LogP contribution in [-0.4, -0.2) is 47.4 Å². The van der Waals surface area contributed by atoms with Crippen LogP contribution in [0.15, 0.2) is 71.4 Å². The summed E-state index contributed by atoms with van der Waals surface area (Å²) in [7, 11) is 0. The molecule has 3 aliphatic rings. The van der Waals surface area contributed by atoms with E-state index in [4.69, 9.17) is 14.5 Å². The van der Waals surface area contributed by atoms with Gasteiger partial charge in [0.2, 0.25) is 5.78 Å². The summed E-state index contributed by atoms with van der Waals surface area (Å²) in [5.41, 5.74) is 1.51. The summed E-state index contributed by atoms with van der Waals surface area (Å²) in [5.74, 6) is -1.06. The number of esters is 2. The zero-order chi connectivity index (χ0) is 33.8. The monoisotopic (exact) mass is 646 g/mol. The number of allylic oxidation sites excluding steroid dienone is 2. The van der Waals surface area contributed by atoms with Crippen molar-refractivity contribution in [1.82, 2.24) is 0 Å². The molecule has 0 radical (unpaired) electrons. The van der Waals surface area contributed by atoms with Crippen molar-refractivity contribution < 1.29 is 29.0 Å². The van der Waals surface area contributed by atoms with Crippen LogP contribution in [0.25, 0.3) is 32.7 Å². The first-order valence-corrected chi connectivity index (χ1v) is 16.5. The third-order valence-electron chi connectivity index (χ3n) is 9.68. The Morgan fingerprint density at radius 1 is 0.750 bits per heavy atom. The van der Waals surface area contributed by atoms with Crippen LogP contribution in [0.2, 0.25) is 0 Å². The second kappa shape index (κ2) is 11.7. The van der Waals surface area contributed by atoms with Crippen molar-refractivity contribution >= 4 is 67.5 Å². The van der Waals surface area contributed by atoms with E-state index in [9.17, 15) is 19.5 Å². The molecular formula is C38H38N4O6. The number of rotatable bonds is 9. The summed E-state index contributed by atoms with van der Waals surface area (Å²) < 4.78 is 11.2. The van der Waals surface area contributed by atoms with Gasteiger partial charge in [-0.3, -0.25) is 19.4 Å². The summed E-state index contributed by atoms with van der Waals surface area (Å²) in [5, 5.41) is 27.0. The average molecular weight is 647 g/mol. The lowest BCUT2D eigenvalue weighted by Crippen LogP contribution is -2.52. The lowest BCUT2D eigenvalue weighted by molar-refractivity contribution is -0.145. The van der Waals surface area contributed by atoms with Gasteiger partial charge < -0.3 is 30.5 Å². The van der Waals surface area contributed by atoms with Gasteiger partial charge in [-0.2, -0.15) is 0 Å². The van der Waals surface area contributed by atoms with E-state index in [2.05, 4.69) is 16.0 Å². The highest BCUT2D eigenvalue weighted by atomic mass is 16.5. The number of ketones is 1. The van der Waals surface area contributed by atoms with Gasteiger partial charge in [0.15, 0.2) is 5.66 Å². The highest BCUT2D eigenvalue weighted by Crippen LogP contribution is 2.47. The summed E-state index contributed by atoms with van der Waals surface area (Å²) in [6, 6.07) is 19.3. The predicted molar refractivity (Wildman–Crippen MR) is 186 cm³/mol. The van der Waals surface area contributed by atoms with Crippen molar-refractivity contribution in [3.8, 4) is 0 Å². The Hall–Kier alpha value is -5.38. The lowest BCUT2D eigenvalue weighted by Gasteiger charge is -2.41. The van der Waals surface area contributed by atoms with Gasteiger partial charge in [-0.05, 0) is 35.7 Å². The quantitative estimate of drug-likeness (QED) is 0.169. The minimum absolute atomic E-state index is 0.0198. The van der Waals surface area contributed by atoms with Crippen LogP contribution < -0.4 is 26.5 Å². The number of nitrogens with one attached hydrogen (secondary N) is 3. The fourth-order valence-corrected chi connectivity index (χ4v) is 6.82. The molecule has 4 aromatic rings. The second-order valence-corrected chi connectivity index (χ2v) is 12.5. The molecule has 246 valence electrons. The van der Waals surface area contributed by atoms with Gasteiger partial charge in [-0.25, -0.2) is 0 Å². The molecule has 2 aliphatic heterocycles. The number of Topliss-reactive ketones (excluding diaryl/α,β-unsaturated/α-hetero) is 1. The van der Waals surface area contributed by atoms with E-state index in [-0.39, 0.29) is 60.7 Å². The first-order valence-electron chi connectivity index (χ1n) is 16.5. The van der Waals surface area contributed by atoms with Crippen LogP contribution >= 0.6 is 0 Å². The molecule has 0 aromatic heterocycles. The van der Waals surface area contributed by atoms with Crippen molar-refractivity contribution in [2.24, 2.45) is 4.99 Å². The van der Waals surface area contributed by atoms with E-state index in [1.54, 1.807) is 13.8 Å². The Morgan fingerprint density at radius 2 is 1.40 bits per heavy atom. The minimum Gasteiger partial charge on any atom is -0.506 e. The lowest BCUT2D eigenvalue weighted by atomic mass is 9.79. The summed E-state index contributed by atoms with van der Waals surface area (Å²) in [6.07, 6.45) is 1.59. The minimum atomic E-state index is -0.946. The zero-order valence-corrected chi connectivity index (χ0v) is 27.5. The molecule has 2 atom stereocenters. The van der Waals surface area contributed by atoms with Crippen LogP contribution in [-0.2, 0) is 23.9 Å². The third-order valence-corrected chi connectivity index (χ3v) is 9.68. The van der Waals surface area contributed by atoms with E-state index in [1.807, 2.05) is 74.5 Å². The molecule has 2 heterocycles. The average Bonchev–Trinajstić information content (AvgIpc) is 3.11. The van der Waals surface area contributed by atoms with Crippen LogP contribution in [0, 0.1) is 0 Å². The normalized spacial score (nSPS) is 21.9. The van der Waals surface area contributed by atoms with Crippen molar-refractivity contribution in [1.29, 1.82) is 0 Å². The van der Waals surface area contributed by atoms with Gasteiger partial charge in [0, 0.05) is 45.8 Å². The van der Waals surface area contributed by atoms with Crippen LogP contribution in [0.1, 0.15) is 58.9 Å². The molecule has 7 rings (SSSR count). The van der Waals surface area contributed by atoms with Crippen molar-refractivity contribution in [2.75, 3.05) is 29.2 Å². The number of nitrogens with zero attached hydrogens (tertiary/aromatic N) is 1. The topological polar surface area (TPSA) is 138 Å². The number of hydrogen-bond donors (Lipinski definition) is 4. The Morgan fingerprint density at radius 3 is 2.04 bits per heavy atom. The Bertz CT molecular complexity index is 2210. The highest BCUT2D eigenvalue weighted by molar-refractivity contribution is 6.52. The van der Waals surface area contributed by atoms with E-state index >= 15 is 0 Å². The van der Waals surface area contributed by atoms with Crippen LogP contribution in [0.4, 0.5) is 17.1 Å². The molecule has 0 fully saturated rings. The number of carbonyl (C=O) groups excluding carboxylic acids is 3. The second-order valence-electron chi connectivity index (χ2n) is 12.5. The van der Waals surface area contributed by atoms with E-state index in [0.717, 1.165) is 32.9 Å². The van der Waals surface area contributed by atoms with Gasteiger partial charge >= 0.3 is 11.9 Å². The van der Waals surface area contributed by atoms with Gasteiger partial charge in [0.05, 0.1) is 22.2 Å². The van der Waals surface area contributed by atoms with Crippen LogP contribution in [0.3, 0.4) is 0 Å². The molecule has 0 saturated heterocycles. The Balaban J connectivity index is 1.41. The standard InChI is InChI=1S/C38H38N4O6/c1-5-27(43)47-19-37(7-3)39-25-13-9-11-21-15-17-23(33(41-37)29(21)25)31-35(45)32(36(31)46)24-18-16-22-12-10-14-26-30(22)34(24)42-38(8-4,40-26)20-48-28(44)6-2/h9-18,39-41,45H,5-8,19-20H2,1-4H3. The molecule has 0 saturated carbocycles. The number of hydrogen-bond acceptors (Lipinski definition) is 10. The molecule has 4 aromatic carbocycles. The molecule has 48 heavy (non-hydrogen) atoms. The molecule has 10 nitrogen and oxygen atoms in total. The number of aliphatic hydroxyl groups is 1. The first-order chi connectivity index (χ1) is 23.2. The number of anilines is 3. The maximum atomic E-state index is 14.3. The molecule has 0 spiro atoms. The van der Waals surface area contributed by atoms with Crippen molar-refractivity contribution in [2.45, 2.75) is 64.7 Å². The van der Waals surface area contributed by atoms with Gasteiger partial charge in [-0.1, -0.05) is 76.2 Å². The maximum Gasteiger partial charge on any atom is 0.305 e. The SMILES string of the molecule is CCC(=O)OCC1(CC)N=c2c(=C3C(=O)C(c4ccc5cccc6c5c4NC(CC)(COC(=O)CC)N6)=C3O)ccc3cccc(c23)N1. The number of ether oxygens (including phenoxy) is 2. The van der Waals surface area contributed by atoms with E-state index in [0.29, 0.717) is 34.7 Å². The predicted octanol–water partition coefficient (Wildman–Crippen LogP) is 5.70. The van der Waals surface area contributed by atoms with Crippen LogP contribution in [0.5, 0.6) is 0 Å². The smallest absolute Gasteiger partial charge is 0.305 e. The molecule has 4 N–H and O–H groups in total. The number of carbonyl (C=O) groups is 3. The Labute approximate surface area is 277 Å². The number of benzene rings is 4. The highest BCUT2D eigenvalue weighted by Gasteiger charge is 2.41. The van der Waals surface area contributed by atoms with Gasteiger partial charge in [0.1, 0.15) is 24.6 Å². The fraction of sp³-hybridized carbons (Fsp3) is 0.316. The van der Waals surface area contributed by atoms with Crippen molar-refractivity contribution in [3.63, 3.8) is 0 Å². The number of aliphatic hydroxyl groups excluding tert-OH is 1. The summed E-state index contributed by atoms with van der Waals surface area (Å²) >= 11 is 0. The fourth-order valence-electron chi connectivity index (χ4n) is 6.82. The Kier molecular flexibility index (Phi) is 7.61.